The smallest absolute Gasteiger partial charge is 0.227 e. The maximum absolute atomic E-state index is 6.13. The van der Waals surface area contributed by atoms with Gasteiger partial charge in [0.05, 0.1) is 15.7 Å². The summed E-state index contributed by atoms with van der Waals surface area (Å²) >= 11 is 12.3. The average molecular weight is 369 g/mol. The Morgan fingerprint density at radius 2 is 1.64 bits per heavy atom. The molecule has 2 N–H and O–H groups in total. The Bertz CT molecular complexity index is 1030. The average Bonchev–Trinajstić information content (AvgIpc) is 3.05. The van der Waals surface area contributed by atoms with E-state index in [4.69, 9.17) is 33.4 Å². The maximum atomic E-state index is 6.13. The number of para-hydroxylation sites is 1. The first-order valence-corrected chi connectivity index (χ1v) is 8.54. The highest BCUT2D eigenvalue weighted by Gasteiger charge is 2.14. The summed E-state index contributed by atoms with van der Waals surface area (Å²) in [7, 11) is 0. The van der Waals surface area contributed by atoms with Crippen LogP contribution in [-0.2, 0) is 6.42 Å². The van der Waals surface area contributed by atoms with Gasteiger partial charge in [0.25, 0.3) is 0 Å². The molecular weight excluding hydrogens is 355 g/mol. The van der Waals surface area contributed by atoms with Gasteiger partial charge < -0.3 is 10.2 Å². The van der Waals surface area contributed by atoms with E-state index in [0.717, 1.165) is 23.1 Å². The van der Waals surface area contributed by atoms with E-state index in [9.17, 15) is 0 Å². The number of hydrogen-bond acceptors (Lipinski definition) is 3. The largest absolute Gasteiger partial charge is 0.436 e. The minimum absolute atomic E-state index is 0.355. The first-order chi connectivity index (χ1) is 12.1. The van der Waals surface area contributed by atoms with Crippen molar-refractivity contribution in [3.8, 4) is 11.5 Å². The molecule has 0 bridgehead atoms. The fourth-order valence-corrected chi connectivity index (χ4v) is 3.28. The summed E-state index contributed by atoms with van der Waals surface area (Å²) < 4.78 is 6.04. The van der Waals surface area contributed by atoms with Gasteiger partial charge in [0.1, 0.15) is 5.52 Å². The molecule has 3 aromatic carbocycles. The van der Waals surface area contributed by atoms with Gasteiger partial charge in [-0.2, -0.15) is 0 Å². The summed E-state index contributed by atoms with van der Waals surface area (Å²) in [5.41, 5.74) is 10.7. The van der Waals surface area contributed by atoms with E-state index < -0.39 is 0 Å². The number of halogens is 2. The zero-order valence-corrected chi connectivity index (χ0v) is 14.7. The molecule has 0 atom stereocenters. The Labute approximate surface area is 155 Å². The van der Waals surface area contributed by atoms with Gasteiger partial charge in [-0.3, -0.25) is 0 Å². The number of oxazole rings is 1. The van der Waals surface area contributed by atoms with Gasteiger partial charge in [-0.1, -0.05) is 65.7 Å². The van der Waals surface area contributed by atoms with Gasteiger partial charge in [-0.15, -0.1) is 0 Å². The molecule has 0 amide bonds. The summed E-state index contributed by atoms with van der Waals surface area (Å²) in [5, 5.41) is 0.767. The number of anilines is 1. The SMILES string of the molecule is Nc1c(Cl)cc(-c2nc3cccc(Cc4ccccc4)c3o2)cc1Cl. The standard InChI is InChI=1S/C20H14Cl2N2O/c21-15-10-14(11-16(22)18(15)23)20-24-17-8-4-7-13(19(17)25-20)9-12-5-2-1-3-6-12/h1-8,10-11H,9,23H2. The number of rotatable bonds is 3. The monoisotopic (exact) mass is 368 g/mol. The van der Waals surface area contributed by atoms with E-state index in [1.807, 2.05) is 36.4 Å². The second-order valence-corrected chi connectivity index (χ2v) is 6.61. The van der Waals surface area contributed by atoms with Gasteiger partial charge in [0.15, 0.2) is 5.58 Å². The normalized spacial score (nSPS) is 11.1. The predicted molar refractivity (Wildman–Crippen MR) is 103 cm³/mol. The zero-order valence-electron chi connectivity index (χ0n) is 13.2. The van der Waals surface area contributed by atoms with Crippen LogP contribution in [0.5, 0.6) is 0 Å². The van der Waals surface area contributed by atoms with Crippen LogP contribution in [0.4, 0.5) is 5.69 Å². The molecule has 0 aliphatic rings. The maximum Gasteiger partial charge on any atom is 0.227 e. The molecule has 1 heterocycles. The molecule has 4 aromatic rings. The van der Waals surface area contributed by atoms with Crippen LogP contribution < -0.4 is 5.73 Å². The van der Waals surface area contributed by atoms with Crippen molar-refractivity contribution in [2.45, 2.75) is 6.42 Å². The Morgan fingerprint density at radius 1 is 0.920 bits per heavy atom. The molecule has 1 aromatic heterocycles. The van der Waals surface area contributed by atoms with Crippen molar-refractivity contribution in [1.82, 2.24) is 4.98 Å². The number of fused-ring (bicyclic) bond motifs is 1. The number of nitrogens with zero attached hydrogens (tertiary/aromatic N) is 1. The van der Waals surface area contributed by atoms with Crippen LogP contribution in [0.15, 0.2) is 65.1 Å². The second-order valence-electron chi connectivity index (χ2n) is 5.80. The first kappa shape index (κ1) is 16.0. The van der Waals surface area contributed by atoms with Crippen LogP contribution >= 0.6 is 23.2 Å². The summed E-state index contributed by atoms with van der Waals surface area (Å²) in [6, 6.07) is 19.6. The minimum atomic E-state index is 0.355. The molecule has 0 radical (unpaired) electrons. The minimum Gasteiger partial charge on any atom is -0.436 e. The molecule has 25 heavy (non-hydrogen) atoms. The summed E-state index contributed by atoms with van der Waals surface area (Å²) in [4.78, 5) is 4.57. The van der Waals surface area contributed by atoms with Crippen LogP contribution in [0.25, 0.3) is 22.6 Å². The quantitative estimate of drug-likeness (QED) is 0.452. The van der Waals surface area contributed by atoms with E-state index in [1.165, 1.54) is 5.56 Å². The molecule has 124 valence electrons. The summed E-state index contributed by atoms with van der Waals surface area (Å²) in [5.74, 6) is 0.472. The van der Waals surface area contributed by atoms with Crippen LogP contribution in [-0.4, -0.2) is 4.98 Å². The highest BCUT2D eigenvalue weighted by Crippen LogP contribution is 2.35. The van der Waals surface area contributed by atoms with Crippen molar-refractivity contribution >= 4 is 40.0 Å². The molecule has 0 saturated heterocycles. The van der Waals surface area contributed by atoms with Gasteiger partial charge in [0, 0.05) is 17.5 Å². The first-order valence-electron chi connectivity index (χ1n) is 7.79. The highest BCUT2D eigenvalue weighted by molar-refractivity contribution is 6.39. The van der Waals surface area contributed by atoms with Crippen molar-refractivity contribution in [2.24, 2.45) is 0 Å². The van der Waals surface area contributed by atoms with Gasteiger partial charge in [0.2, 0.25) is 5.89 Å². The van der Waals surface area contributed by atoms with Crippen LogP contribution in [0, 0.1) is 0 Å². The Balaban J connectivity index is 1.79. The molecule has 4 rings (SSSR count). The number of nitrogen functional groups attached to an aromatic ring is 1. The molecule has 0 spiro atoms. The van der Waals surface area contributed by atoms with E-state index in [0.29, 0.717) is 27.2 Å². The van der Waals surface area contributed by atoms with Gasteiger partial charge in [-0.05, 0) is 23.8 Å². The van der Waals surface area contributed by atoms with Crippen molar-refractivity contribution in [3.63, 3.8) is 0 Å². The lowest BCUT2D eigenvalue weighted by Gasteiger charge is -2.03. The molecule has 0 saturated carbocycles. The molecule has 5 heteroatoms. The van der Waals surface area contributed by atoms with Gasteiger partial charge in [-0.25, -0.2) is 4.98 Å². The van der Waals surface area contributed by atoms with Crippen LogP contribution in [0.1, 0.15) is 11.1 Å². The third-order valence-corrected chi connectivity index (χ3v) is 4.69. The molecule has 0 aliphatic carbocycles. The Kier molecular flexibility index (Phi) is 4.12. The fraction of sp³-hybridized carbons (Fsp3) is 0.0500. The van der Waals surface area contributed by atoms with Gasteiger partial charge >= 0.3 is 0 Å². The van der Waals surface area contributed by atoms with E-state index in [2.05, 4.69) is 17.1 Å². The molecule has 0 unspecified atom stereocenters. The number of nitrogens with two attached hydrogens (primary N) is 1. The van der Waals surface area contributed by atoms with Crippen molar-refractivity contribution in [2.75, 3.05) is 5.73 Å². The van der Waals surface area contributed by atoms with Crippen molar-refractivity contribution in [1.29, 1.82) is 0 Å². The molecule has 3 nitrogen and oxygen atoms in total. The highest BCUT2D eigenvalue weighted by atomic mass is 35.5. The number of benzene rings is 3. The van der Waals surface area contributed by atoms with E-state index >= 15 is 0 Å². The summed E-state index contributed by atoms with van der Waals surface area (Å²) in [6.45, 7) is 0. The lowest BCUT2D eigenvalue weighted by molar-refractivity contribution is 0.616. The van der Waals surface area contributed by atoms with Crippen LogP contribution in [0.2, 0.25) is 10.0 Å². The van der Waals surface area contributed by atoms with E-state index in [1.54, 1.807) is 12.1 Å². The molecule has 0 aliphatic heterocycles. The lowest BCUT2D eigenvalue weighted by Crippen LogP contribution is -1.89. The van der Waals surface area contributed by atoms with Crippen molar-refractivity contribution < 1.29 is 4.42 Å². The Hall–Kier alpha value is -2.49. The van der Waals surface area contributed by atoms with Crippen molar-refractivity contribution in [3.05, 3.63) is 81.8 Å². The lowest BCUT2D eigenvalue weighted by atomic mass is 10.0. The zero-order chi connectivity index (χ0) is 17.4. The molecule has 0 fully saturated rings. The fourth-order valence-electron chi connectivity index (χ4n) is 2.79. The molecular formula is C20H14Cl2N2O. The third kappa shape index (κ3) is 3.09. The Morgan fingerprint density at radius 3 is 2.36 bits per heavy atom. The number of aromatic nitrogens is 1. The van der Waals surface area contributed by atoms with E-state index in [-0.39, 0.29) is 0 Å². The topological polar surface area (TPSA) is 52.0 Å². The predicted octanol–water partition coefficient (Wildman–Crippen LogP) is 5.97. The van der Waals surface area contributed by atoms with Crippen LogP contribution in [0.3, 0.4) is 0 Å². The summed E-state index contributed by atoms with van der Waals surface area (Å²) in [6.07, 6.45) is 0.774. The number of hydrogen-bond donors (Lipinski definition) is 1. The third-order valence-electron chi connectivity index (χ3n) is 4.06. The second kappa shape index (κ2) is 6.43.